The van der Waals surface area contributed by atoms with Gasteiger partial charge in [-0.3, -0.25) is 0 Å². The predicted molar refractivity (Wildman–Crippen MR) is 80.2 cm³/mol. The van der Waals surface area contributed by atoms with Crippen molar-refractivity contribution in [3.05, 3.63) is 17.0 Å². The molecule has 0 atom stereocenters. The lowest BCUT2D eigenvalue weighted by atomic mass is 10.2. The molecule has 8 heteroatoms. The third-order valence-electron chi connectivity index (χ3n) is 2.34. The summed E-state index contributed by atoms with van der Waals surface area (Å²) >= 11 is 0. The third-order valence-corrected chi connectivity index (χ3v) is 2.34. The normalized spacial score (nSPS) is 11.4. The van der Waals surface area contributed by atoms with Crippen LogP contribution < -0.4 is 10.6 Å². The number of hydrogen-bond donors (Lipinski definition) is 2. The first-order valence-electron chi connectivity index (χ1n) is 5.76. The predicted octanol–water partition coefficient (Wildman–Crippen LogP) is 2.23. The van der Waals surface area contributed by atoms with Gasteiger partial charge < -0.3 is 15.2 Å². The Morgan fingerprint density at radius 1 is 1.37 bits per heavy atom. The van der Waals surface area contributed by atoms with Gasteiger partial charge in [-0.2, -0.15) is 0 Å². The lowest BCUT2D eigenvalue weighted by Crippen LogP contribution is -2.39. The second-order valence-electron chi connectivity index (χ2n) is 3.77. The van der Waals surface area contributed by atoms with Gasteiger partial charge in [-0.15, -0.1) is 24.0 Å². The molecule has 19 heavy (non-hydrogen) atoms. The molecule has 0 aliphatic rings. The number of halogens is 3. The summed E-state index contributed by atoms with van der Waals surface area (Å²) in [6, 6.07) is 0. The van der Waals surface area contributed by atoms with Gasteiger partial charge in [0.25, 0.3) is 6.43 Å². The Hall–Kier alpha value is -0.930. The van der Waals surface area contributed by atoms with Crippen LogP contribution in [-0.4, -0.2) is 30.6 Å². The maximum absolute atomic E-state index is 12.1. The largest absolute Gasteiger partial charge is 0.361 e. The van der Waals surface area contributed by atoms with Crippen molar-refractivity contribution in [3.63, 3.8) is 0 Å². The van der Waals surface area contributed by atoms with Gasteiger partial charge >= 0.3 is 0 Å². The first-order valence-corrected chi connectivity index (χ1v) is 5.76. The molecule has 0 aromatic carbocycles. The average Bonchev–Trinajstić information content (AvgIpc) is 2.63. The van der Waals surface area contributed by atoms with E-state index in [4.69, 9.17) is 4.52 Å². The molecule has 0 spiro atoms. The molecule has 0 radical (unpaired) electrons. The van der Waals surface area contributed by atoms with Crippen LogP contribution in [-0.2, 0) is 6.54 Å². The van der Waals surface area contributed by atoms with Gasteiger partial charge in [0.1, 0.15) is 5.76 Å². The second-order valence-corrected chi connectivity index (χ2v) is 3.77. The monoisotopic (exact) mass is 388 g/mol. The summed E-state index contributed by atoms with van der Waals surface area (Å²) in [6.45, 7) is 6.02. The molecule has 5 nitrogen and oxygen atoms in total. The molecule has 0 amide bonds. The van der Waals surface area contributed by atoms with Gasteiger partial charge in [0.05, 0.1) is 18.8 Å². The Morgan fingerprint density at radius 2 is 2.05 bits per heavy atom. The van der Waals surface area contributed by atoms with Crippen LogP contribution in [0.15, 0.2) is 9.52 Å². The van der Waals surface area contributed by atoms with E-state index >= 15 is 0 Å². The molecule has 0 bridgehead atoms. The van der Waals surface area contributed by atoms with Gasteiger partial charge in [0.15, 0.2) is 5.96 Å². The molecule has 0 aliphatic heterocycles. The number of aromatic nitrogens is 1. The summed E-state index contributed by atoms with van der Waals surface area (Å²) in [5, 5.41) is 9.26. The molecular formula is C11H19F2IN4O. The molecule has 0 fully saturated rings. The van der Waals surface area contributed by atoms with Crippen LogP contribution in [0, 0.1) is 13.8 Å². The van der Waals surface area contributed by atoms with Gasteiger partial charge in [-0.1, -0.05) is 5.16 Å². The Morgan fingerprint density at radius 3 is 2.53 bits per heavy atom. The second kappa shape index (κ2) is 9.05. The fraction of sp³-hybridized carbons (Fsp3) is 0.636. The van der Waals surface area contributed by atoms with Crippen molar-refractivity contribution < 1.29 is 13.3 Å². The summed E-state index contributed by atoms with van der Waals surface area (Å²) in [7, 11) is 0. The molecule has 2 N–H and O–H groups in total. The standard InChI is InChI=1S/C11H18F2N4O.HI/c1-4-14-11(16-6-10(12)13)15-5-9-7(2)17-18-8(9)3;/h10H,4-6H2,1-3H3,(H2,14,15,16);1H. The Bertz CT molecular complexity index is 390. The molecule has 1 heterocycles. The molecule has 0 saturated heterocycles. The van der Waals surface area contributed by atoms with Crippen molar-refractivity contribution >= 4 is 29.9 Å². The van der Waals surface area contributed by atoms with Crippen LogP contribution in [0.1, 0.15) is 23.9 Å². The SMILES string of the molecule is CCNC(=NCc1c(C)noc1C)NCC(F)F.I. The Labute approximate surface area is 128 Å². The maximum Gasteiger partial charge on any atom is 0.255 e. The van der Waals surface area contributed by atoms with E-state index in [1.807, 2.05) is 13.8 Å². The number of aryl methyl sites for hydroxylation is 2. The fourth-order valence-electron chi connectivity index (χ4n) is 1.40. The van der Waals surface area contributed by atoms with Gasteiger partial charge in [0, 0.05) is 12.1 Å². The van der Waals surface area contributed by atoms with Crippen molar-refractivity contribution in [2.45, 2.75) is 33.7 Å². The minimum atomic E-state index is -2.41. The molecule has 0 unspecified atom stereocenters. The summed E-state index contributed by atoms with van der Waals surface area (Å²) in [6.07, 6.45) is -2.41. The van der Waals surface area contributed by atoms with Crippen LogP contribution in [0.2, 0.25) is 0 Å². The lowest BCUT2D eigenvalue weighted by Gasteiger charge is -2.10. The van der Waals surface area contributed by atoms with E-state index in [1.165, 1.54) is 0 Å². The van der Waals surface area contributed by atoms with Crippen molar-refractivity contribution in [3.8, 4) is 0 Å². The smallest absolute Gasteiger partial charge is 0.255 e. The molecule has 0 aliphatic carbocycles. The summed E-state index contributed by atoms with van der Waals surface area (Å²) in [5.74, 6) is 1.05. The average molecular weight is 388 g/mol. The van der Waals surface area contributed by atoms with E-state index in [-0.39, 0.29) is 24.0 Å². The highest BCUT2D eigenvalue weighted by molar-refractivity contribution is 14.0. The Balaban J connectivity index is 0.00000324. The highest BCUT2D eigenvalue weighted by atomic mass is 127. The summed E-state index contributed by atoms with van der Waals surface area (Å²) in [5.41, 5.74) is 1.64. The molecule has 1 rings (SSSR count). The minimum absolute atomic E-state index is 0. The lowest BCUT2D eigenvalue weighted by molar-refractivity contribution is 0.152. The number of nitrogens with zero attached hydrogens (tertiary/aromatic N) is 2. The molecule has 110 valence electrons. The van der Waals surface area contributed by atoms with Crippen molar-refractivity contribution in [1.82, 2.24) is 15.8 Å². The summed E-state index contributed by atoms with van der Waals surface area (Å²) < 4.78 is 29.2. The topological polar surface area (TPSA) is 62.5 Å². The van der Waals surface area contributed by atoms with Gasteiger partial charge in [-0.25, -0.2) is 13.8 Å². The molecule has 0 saturated carbocycles. The fourth-order valence-corrected chi connectivity index (χ4v) is 1.40. The van der Waals surface area contributed by atoms with E-state index in [0.717, 1.165) is 11.3 Å². The van der Waals surface area contributed by atoms with Crippen molar-refractivity contribution in [2.75, 3.05) is 13.1 Å². The Kier molecular flexibility index (Phi) is 8.61. The quantitative estimate of drug-likeness (QED) is 0.462. The number of alkyl halides is 2. The zero-order chi connectivity index (χ0) is 13.5. The van der Waals surface area contributed by atoms with E-state index in [9.17, 15) is 8.78 Å². The highest BCUT2D eigenvalue weighted by Gasteiger charge is 2.09. The maximum atomic E-state index is 12.1. The number of rotatable bonds is 5. The van der Waals surface area contributed by atoms with Crippen LogP contribution in [0.4, 0.5) is 8.78 Å². The van der Waals surface area contributed by atoms with Crippen LogP contribution >= 0.6 is 24.0 Å². The highest BCUT2D eigenvalue weighted by Crippen LogP contribution is 2.12. The molecule has 1 aromatic heterocycles. The van der Waals surface area contributed by atoms with Crippen LogP contribution in [0.5, 0.6) is 0 Å². The van der Waals surface area contributed by atoms with Crippen LogP contribution in [0.3, 0.4) is 0 Å². The number of hydrogen-bond acceptors (Lipinski definition) is 3. The zero-order valence-electron chi connectivity index (χ0n) is 11.2. The minimum Gasteiger partial charge on any atom is -0.361 e. The summed E-state index contributed by atoms with van der Waals surface area (Å²) in [4.78, 5) is 4.21. The molecular weight excluding hydrogens is 369 g/mol. The van der Waals surface area contributed by atoms with E-state index < -0.39 is 13.0 Å². The first-order chi connectivity index (χ1) is 8.54. The van der Waals surface area contributed by atoms with Crippen molar-refractivity contribution in [1.29, 1.82) is 0 Å². The number of guanidine groups is 1. The van der Waals surface area contributed by atoms with E-state index in [2.05, 4.69) is 20.8 Å². The third kappa shape index (κ3) is 6.17. The van der Waals surface area contributed by atoms with Gasteiger partial charge in [-0.05, 0) is 20.8 Å². The van der Waals surface area contributed by atoms with Crippen molar-refractivity contribution in [2.24, 2.45) is 4.99 Å². The van der Waals surface area contributed by atoms with Gasteiger partial charge in [0.2, 0.25) is 0 Å². The van der Waals surface area contributed by atoms with E-state index in [0.29, 0.717) is 24.8 Å². The first kappa shape index (κ1) is 18.1. The van der Waals surface area contributed by atoms with Crippen LogP contribution in [0.25, 0.3) is 0 Å². The van der Waals surface area contributed by atoms with E-state index in [1.54, 1.807) is 6.92 Å². The molecule has 1 aromatic rings. The number of nitrogens with one attached hydrogen (secondary N) is 2. The number of aliphatic imine (C=N–C) groups is 1. The zero-order valence-corrected chi connectivity index (χ0v) is 13.5.